The van der Waals surface area contributed by atoms with E-state index in [1.165, 1.54) is 10.2 Å². The molecule has 0 spiro atoms. The molecule has 0 N–H and O–H groups in total. The molecule has 0 saturated carbocycles. The molecule has 0 fully saturated rings. The third kappa shape index (κ3) is 2.52. The smallest absolute Gasteiger partial charge is 0.291 e. The summed E-state index contributed by atoms with van der Waals surface area (Å²) < 4.78 is 3.26. The predicted molar refractivity (Wildman–Crippen MR) is 114 cm³/mol. The van der Waals surface area contributed by atoms with Crippen molar-refractivity contribution in [3.05, 3.63) is 70.6 Å². The molecule has 4 aromatic rings. The predicted octanol–water partition coefficient (Wildman–Crippen LogP) is 3.43. The van der Waals surface area contributed by atoms with Crippen LogP contribution < -0.4 is 10.5 Å². The Kier molecular flexibility index (Phi) is 4.01. The maximum Gasteiger partial charge on any atom is 0.291 e. The Balaban J connectivity index is 1.74. The molecular weight excluding hydrogens is 364 g/mol. The first-order valence-corrected chi connectivity index (χ1v) is 9.96. The quantitative estimate of drug-likeness (QED) is 0.542. The fraction of sp³-hybridized carbons (Fsp3) is 0.261. The van der Waals surface area contributed by atoms with E-state index in [1.54, 1.807) is 13.2 Å². The van der Waals surface area contributed by atoms with Crippen LogP contribution in [0, 0.1) is 0 Å². The molecule has 0 aliphatic carbocycles. The highest BCUT2D eigenvalue weighted by atomic mass is 16.2. The fourth-order valence-electron chi connectivity index (χ4n) is 4.53. The number of benzene rings is 2. The van der Waals surface area contributed by atoms with Gasteiger partial charge in [-0.15, -0.1) is 0 Å². The van der Waals surface area contributed by atoms with Crippen LogP contribution in [0.5, 0.6) is 0 Å². The molecule has 1 amide bonds. The van der Waals surface area contributed by atoms with Gasteiger partial charge in [0.25, 0.3) is 5.56 Å². The molecule has 2 aromatic carbocycles. The number of aromatic nitrogens is 3. The average Bonchev–Trinajstić information content (AvgIpc) is 3.32. The van der Waals surface area contributed by atoms with Crippen molar-refractivity contribution in [1.82, 2.24) is 14.3 Å². The minimum Gasteiger partial charge on any atom is -0.323 e. The molecule has 1 unspecified atom stereocenters. The number of carbonyl (C=O) groups is 1. The van der Waals surface area contributed by atoms with Gasteiger partial charge in [0.1, 0.15) is 11.6 Å². The number of aryl methyl sites for hydroxylation is 1. The van der Waals surface area contributed by atoms with Crippen LogP contribution in [0.3, 0.4) is 0 Å². The first-order chi connectivity index (χ1) is 14.1. The van der Waals surface area contributed by atoms with Crippen LogP contribution in [-0.4, -0.2) is 26.8 Å². The second kappa shape index (κ2) is 6.58. The van der Waals surface area contributed by atoms with Gasteiger partial charge in [-0.3, -0.25) is 9.59 Å². The molecule has 6 nitrogen and oxygen atoms in total. The van der Waals surface area contributed by atoms with Crippen LogP contribution in [0.25, 0.3) is 21.8 Å². The standard InChI is InChI=1S/C23H22N4O2/c1-3-18(22(28)26-13-12-15-8-4-6-10-19(15)26)27-20-11-7-5-9-16(20)17-14-24-25(2)23(29)21(17)27/h4-11,14,18H,3,12-13H2,1-2H3. The molecule has 1 aliphatic heterocycles. The Bertz CT molecular complexity index is 1320. The topological polar surface area (TPSA) is 60.1 Å². The third-order valence-electron chi connectivity index (χ3n) is 5.94. The summed E-state index contributed by atoms with van der Waals surface area (Å²) in [6, 6.07) is 15.4. The highest BCUT2D eigenvalue weighted by molar-refractivity contribution is 6.09. The molecule has 146 valence electrons. The van der Waals surface area contributed by atoms with Crippen molar-refractivity contribution in [2.24, 2.45) is 7.05 Å². The summed E-state index contributed by atoms with van der Waals surface area (Å²) in [6.07, 6.45) is 3.17. The number of hydrogen-bond donors (Lipinski definition) is 0. The van der Waals surface area contributed by atoms with Crippen molar-refractivity contribution in [3.8, 4) is 0 Å². The molecule has 0 radical (unpaired) electrons. The summed E-state index contributed by atoms with van der Waals surface area (Å²) in [7, 11) is 1.64. The van der Waals surface area contributed by atoms with Gasteiger partial charge in [0.05, 0.1) is 11.7 Å². The Morgan fingerprint density at radius 1 is 1.10 bits per heavy atom. The first kappa shape index (κ1) is 17.7. The number of fused-ring (bicyclic) bond motifs is 4. The Morgan fingerprint density at radius 2 is 1.86 bits per heavy atom. The van der Waals surface area contributed by atoms with Gasteiger partial charge in [0.15, 0.2) is 0 Å². The zero-order chi connectivity index (χ0) is 20.1. The average molecular weight is 386 g/mol. The highest BCUT2D eigenvalue weighted by Crippen LogP contribution is 2.34. The van der Waals surface area contributed by atoms with E-state index in [-0.39, 0.29) is 11.5 Å². The number of para-hydroxylation sites is 2. The van der Waals surface area contributed by atoms with E-state index in [0.29, 0.717) is 18.5 Å². The minimum atomic E-state index is -0.460. The molecule has 5 rings (SSSR count). The number of hydrogen-bond acceptors (Lipinski definition) is 3. The van der Waals surface area contributed by atoms with E-state index in [2.05, 4.69) is 11.2 Å². The SMILES string of the molecule is CCC(C(=O)N1CCc2ccccc21)n1c2ccccc2c2cnn(C)c(=O)c21. The molecule has 1 atom stereocenters. The lowest BCUT2D eigenvalue weighted by Crippen LogP contribution is -2.37. The molecule has 6 heteroatoms. The first-order valence-electron chi connectivity index (χ1n) is 9.96. The summed E-state index contributed by atoms with van der Waals surface area (Å²) in [5.74, 6) is 0.0268. The highest BCUT2D eigenvalue weighted by Gasteiger charge is 2.32. The van der Waals surface area contributed by atoms with Crippen molar-refractivity contribution in [1.29, 1.82) is 0 Å². The summed E-state index contributed by atoms with van der Waals surface area (Å²) in [6.45, 7) is 2.67. The number of anilines is 1. The van der Waals surface area contributed by atoms with Gasteiger partial charge in [-0.2, -0.15) is 5.10 Å². The zero-order valence-electron chi connectivity index (χ0n) is 16.5. The molecule has 2 aromatic heterocycles. The number of amides is 1. The van der Waals surface area contributed by atoms with Gasteiger partial charge >= 0.3 is 0 Å². The Labute approximate surface area is 168 Å². The summed E-state index contributed by atoms with van der Waals surface area (Å²) >= 11 is 0. The van der Waals surface area contributed by atoms with Crippen molar-refractivity contribution in [2.45, 2.75) is 25.8 Å². The van der Waals surface area contributed by atoms with Crippen LogP contribution in [0.15, 0.2) is 59.5 Å². The van der Waals surface area contributed by atoms with Crippen molar-refractivity contribution in [3.63, 3.8) is 0 Å². The van der Waals surface area contributed by atoms with Crippen LogP contribution in [0.2, 0.25) is 0 Å². The van der Waals surface area contributed by atoms with E-state index < -0.39 is 6.04 Å². The number of rotatable bonds is 3. The van der Waals surface area contributed by atoms with Crippen molar-refractivity contribution in [2.75, 3.05) is 11.4 Å². The van der Waals surface area contributed by atoms with E-state index >= 15 is 0 Å². The maximum atomic E-state index is 13.7. The van der Waals surface area contributed by atoms with Gasteiger partial charge < -0.3 is 9.47 Å². The van der Waals surface area contributed by atoms with Crippen LogP contribution in [0.1, 0.15) is 24.9 Å². The summed E-state index contributed by atoms with van der Waals surface area (Å²) in [5.41, 5.74) is 3.41. The lowest BCUT2D eigenvalue weighted by molar-refractivity contribution is -0.121. The third-order valence-corrected chi connectivity index (χ3v) is 5.94. The van der Waals surface area contributed by atoms with Crippen LogP contribution >= 0.6 is 0 Å². The summed E-state index contributed by atoms with van der Waals surface area (Å²) in [5, 5.41) is 5.94. The van der Waals surface area contributed by atoms with E-state index in [9.17, 15) is 9.59 Å². The molecule has 29 heavy (non-hydrogen) atoms. The van der Waals surface area contributed by atoms with Gasteiger partial charge in [0.2, 0.25) is 5.91 Å². The zero-order valence-corrected chi connectivity index (χ0v) is 16.5. The van der Waals surface area contributed by atoms with Gasteiger partial charge in [-0.25, -0.2) is 4.68 Å². The lowest BCUT2D eigenvalue weighted by atomic mass is 10.1. The van der Waals surface area contributed by atoms with Gasteiger partial charge in [-0.05, 0) is 30.5 Å². The number of carbonyl (C=O) groups excluding carboxylic acids is 1. The minimum absolute atomic E-state index is 0.0268. The largest absolute Gasteiger partial charge is 0.323 e. The molecular formula is C23H22N4O2. The van der Waals surface area contributed by atoms with Gasteiger partial charge in [-0.1, -0.05) is 43.3 Å². The second-order valence-electron chi connectivity index (χ2n) is 7.52. The van der Waals surface area contributed by atoms with E-state index in [1.807, 2.05) is 58.9 Å². The van der Waals surface area contributed by atoms with Crippen molar-refractivity contribution < 1.29 is 4.79 Å². The Morgan fingerprint density at radius 3 is 2.69 bits per heavy atom. The van der Waals surface area contributed by atoms with Gasteiger partial charge in [0, 0.05) is 30.1 Å². The molecule has 0 bridgehead atoms. The normalized spacial score (nSPS) is 14.5. The Hall–Kier alpha value is -3.41. The van der Waals surface area contributed by atoms with Crippen LogP contribution in [-0.2, 0) is 18.3 Å². The maximum absolute atomic E-state index is 13.7. The molecule has 0 saturated heterocycles. The van der Waals surface area contributed by atoms with Crippen LogP contribution in [0.4, 0.5) is 5.69 Å². The molecule has 3 heterocycles. The molecule has 1 aliphatic rings. The summed E-state index contributed by atoms with van der Waals surface area (Å²) in [4.78, 5) is 28.6. The van der Waals surface area contributed by atoms with Crippen molar-refractivity contribution >= 4 is 33.4 Å². The lowest BCUT2D eigenvalue weighted by Gasteiger charge is -2.25. The second-order valence-corrected chi connectivity index (χ2v) is 7.52. The number of nitrogens with zero attached hydrogens (tertiary/aromatic N) is 4. The monoisotopic (exact) mass is 386 g/mol. The van der Waals surface area contributed by atoms with E-state index in [4.69, 9.17) is 0 Å². The van der Waals surface area contributed by atoms with E-state index in [0.717, 1.165) is 28.4 Å². The fourth-order valence-corrected chi connectivity index (χ4v) is 4.53.